The zero-order chi connectivity index (χ0) is 9.84. The Labute approximate surface area is 77.5 Å². The number of carbonyl (C=O) groups excluding carboxylic acids is 1. The minimum absolute atomic E-state index is 0.263. The van der Waals surface area contributed by atoms with E-state index in [9.17, 15) is 4.79 Å². The second-order valence-corrected chi connectivity index (χ2v) is 2.82. The monoisotopic (exact) mass is 179 g/mol. The van der Waals surface area contributed by atoms with Crippen LogP contribution in [0.4, 0.5) is 5.69 Å². The SMILES string of the molecule is CCC(=O)Oc1c(C)cccc1N. The summed E-state index contributed by atoms with van der Waals surface area (Å²) in [7, 11) is 0. The summed E-state index contributed by atoms with van der Waals surface area (Å²) in [6.45, 7) is 3.60. The van der Waals surface area contributed by atoms with Crippen molar-refractivity contribution in [2.75, 3.05) is 5.73 Å². The number of nitrogen functional groups attached to an aromatic ring is 1. The molecule has 0 atom stereocenters. The molecule has 0 amide bonds. The third-order valence-electron chi connectivity index (χ3n) is 1.75. The largest absolute Gasteiger partial charge is 0.424 e. The first-order valence-corrected chi connectivity index (χ1v) is 4.21. The van der Waals surface area contributed by atoms with Crippen molar-refractivity contribution in [2.45, 2.75) is 20.3 Å². The lowest BCUT2D eigenvalue weighted by atomic mass is 10.2. The van der Waals surface area contributed by atoms with E-state index in [1.807, 2.05) is 19.1 Å². The number of nitrogens with two attached hydrogens (primary N) is 1. The van der Waals surface area contributed by atoms with E-state index in [1.165, 1.54) is 0 Å². The summed E-state index contributed by atoms with van der Waals surface area (Å²) >= 11 is 0. The number of esters is 1. The lowest BCUT2D eigenvalue weighted by molar-refractivity contribution is -0.134. The van der Waals surface area contributed by atoms with Crippen molar-refractivity contribution >= 4 is 11.7 Å². The van der Waals surface area contributed by atoms with Gasteiger partial charge in [-0.1, -0.05) is 19.1 Å². The van der Waals surface area contributed by atoms with Crippen LogP contribution in [0.3, 0.4) is 0 Å². The molecule has 2 N–H and O–H groups in total. The van der Waals surface area contributed by atoms with Crippen LogP contribution in [0.25, 0.3) is 0 Å². The first kappa shape index (κ1) is 9.58. The molecule has 0 saturated heterocycles. The van der Waals surface area contributed by atoms with Gasteiger partial charge < -0.3 is 10.5 Å². The zero-order valence-electron chi connectivity index (χ0n) is 7.83. The highest BCUT2D eigenvalue weighted by Gasteiger charge is 2.07. The molecule has 0 saturated carbocycles. The summed E-state index contributed by atoms with van der Waals surface area (Å²) in [5, 5.41) is 0. The molecule has 0 aliphatic carbocycles. The second kappa shape index (κ2) is 3.94. The van der Waals surface area contributed by atoms with Crippen LogP contribution in [-0.2, 0) is 4.79 Å². The van der Waals surface area contributed by atoms with E-state index in [0.29, 0.717) is 17.9 Å². The predicted octanol–water partition coefficient (Wildman–Crippen LogP) is 1.89. The molecule has 1 aromatic rings. The Bertz CT molecular complexity index is 300. The van der Waals surface area contributed by atoms with E-state index in [-0.39, 0.29) is 5.97 Å². The average molecular weight is 179 g/mol. The molecule has 70 valence electrons. The fraction of sp³-hybridized carbons (Fsp3) is 0.300. The van der Waals surface area contributed by atoms with Crippen LogP contribution in [0.5, 0.6) is 5.75 Å². The summed E-state index contributed by atoms with van der Waals surface area (Å²) < 4.78 is 5.06. The van der Waals surface area contributed by atoms with E-state index >= 15 is 0 Å². The van der Waals surface area contributed by atoms with Gasteiger partial charge in [-0.2, -0.15) is 0 Å². The lowest BCUT2D eigenvalue weighted by Gasteiger charge is -2.08. The molecule has 0 heterocycles. The molecule has 3 nitrogen and oxygen atoms in total. The first-order chi connectivity index (χ1) is 6.15. The molecule has 0 radical (unpaired) electrons. The highest BCUT2D eigenvalue weighted by Crippen LogP contribution is 2.25. The average Bonchev–Trinajstić information content (AvgIpc) is 2.11. The summed E-state index contributed by atoms with van der Waals surface area (Å²) in [6, 6.07) is 5.40. The molecule has 0 unspecified atom stereocenters. The molecule has 0 aromatic heterocycles. The summed E-state index contributed by atoms with van der Waals surface area (Å²) in [4.78, 5) is 11.0. The third kappa shape index (κ3) is 2.21. The minimum atomic E-state index is -0.263. The van der Waals surface area contributed by atoms with Crippen LogP contribution < -0.4 is 10.5 Å². The van der Waals surface area contributed by atoms with Crippen LogP contribution in [0.15, 0.2) is 18.2 Å². The number of hydrogen-bond donors (Lipinski definition) is 1. The van der Waals surface area contributed by atoms with Gasteiger partial charge in [0.25, 0.3) is 0 Å². The quantitative estimate of drug-likeness (QED) is 0.428. The lowest BCUT2D eigenvalue weighted by Crippen LogP contribution is -2.08. The van der Waals surface area contributed by atoms with Gasteiger partial charge in [0.1, 0.15) is 0 Å². The van der Waals surface area contributed by atoms with Gasteiger partial charge in [-0.25, -0.2) is 0 Å². The van der Waals surface area contributed by atoms with Crippen molar-refractivity contribution in [1.29, 1.82) is 0 Å². The Balaban J connectivity index is 2.93. The topological polar surface area (TPSA) is 52.3 Å². The predicted molar refractivity (Wildman–Crippen MR) is 51.5 cm³/mol. The Morgan fingerprint density at radius 2 is 2.23 bits per heavy atom. The van der Waals surface area contributed by atoms with Crippen molar-refractivity contribution < 1.29 is 9.53 Å². The van der Waals surface area contributed by atoms with Gasteiger partial charge in [0, 0.05) is 6.42 Å². The number of anilines is 1. The number of benzene rings is 1. The van der Waals surface area contributed by atoms with E-state index in [4.69, 9.17) is 10.5 Å². The van der Waals surface area contributed by atoms with Gasteiger partial charge in [-0.3, -0.25) is 4.79 Å². The standard InChI is InChI=1S/C10H13NO2/c1-3-9(12)13-10-7(2)5-4-6-8(10)11/h4-6H,3,11H2,1-2H3. The molecule has 13 heavy (non-hydrogen) atoms. The van der Waals surface area contributed by atoms with E-state index in [0.717, 1.165) is 5.56 Å². The van der Waals surface area contributed by atoms with Crippen molar-refractivity contribution in [3.63, 3.8) is 0 Å². The van der Waals surface area contributed by atoms with Crippen LogP contribution in [0, 0.1) is 6.92 Å². The van der Waals surface area contributed by atoms with Crippen molar-refractivity contribution in [1.82, 2.24) is 0 Å². The van der Waals surface area contributed by atoms with E-state index < -0.39 is 0 Å². The van der Waals surface area contributed by atoms with Crippen LogP contribution in [0.1, 0.15) is 18.9 Å². The maximum absolute atomic E-state index is 11.0. The fourth-order valence-electron chi connectivity index (χ4n) is 1.00. The molecular formula is C10H13NO2. The zero-order valence-corrected chi connectivity index (χ0v) is 7.83. The molecule has 0 bridgehead atoms. The van der Waals surface area contributed by atoms with Gasteiger partial charge in [-0.15, -0.1) is 0 Å². The molecule has 0 aliphatic rings. The maximum Gasteiger partial charge on any atom is 0.310 e. The number of hydrogen-bond acceptors (Lipinski definition) is 3. The van der Waals surface area contributed by atoms with Gasteiger partial charge in [0.15, 0.2) is 5.75 Å². The number of carbonyl (C=O) groups is 1. The fourth-order valence-corrected chi connectivity index (χ4v) is 1.00. The molecule has 1 aromatic carbocycles. The number of para-hydroxylation sites is 1. The molecule has 3 heteroatoms. The van der Waals surface area contributed by atoms with E-state index in [1.54, 1.807) is 13.0 Å². The van der Waals surface area contributed by atoms with E-state index in [2.05, 4.69) is 0 Å². The van der Waals surface area contributed by atoms with Crippen LogP contribution >= 0.6 is 0 Å². The summed E-state index contributed by atoms with van der Waals surface area (Å²) in [6.07, 6.45) is 0.355. The molecule has 0 spiro atoms. The summed E-state index contributed by atoms with van der Waals surface area (Å²) in [5.41, 5.74) is 7.03. The highest BCUT2D eigenvalue weighted by molar-refractivity contribution is 5.75. The number of rotatable bonds is 2. The van der Waals surface area contributed by atoms with Crippen LogP contribution in [-0.4, -0.2) is 5.97 Å². The highest BCUT2D eigenvalue weighted by atomic mass is 16.5. The number of ether oxygens (including phenoxy) is 1. The van der Waals surface area contributed by atoms with Gasteiger partial charge >= 0.3 is 5.97 Å². The van der Waals surface area contributed by atoms with Gasteiger partial charge in [0.2, 0.25) is 0 Å². The van der Waals surface area contributed by atoms with Crippen molar-refractivity contribution in [2.24, 2.45) is 0 Å². The molecule has 0 fully saturated rings. The molecule has 1 rings (SSSR count). The first-order valence-electron chi connectivity index (χ1n) is 4.21. The van der Waals surface area contributed by atoms with Crippen molar-refractivity contribution in [3.8, 4) is 5.75 Å². The Hall–Kier alpha value is -1.51. The van der Waals surface area contributed by atoms with Gasteiger partial charge in [-0.05, 0) is 18.6 Å². The maximum atomic E-state index is 11.0. The van der Waals surface area contributed by atoms with Crippen LogP contribution in [0.2, 0.25) is 0 Å². The molecule has 0 aliphatic heterocycles. The Morgan fingerprint density at radius 1 is 1.54 bits per heavy atom. The second-order valence-electron chi connectivity index (χ2n) is 2.82. The molecular weight excluding hydrogens is 166 g/mol. The minimum Gasteiger partial charge on any atom is -0.424 e. The van der Waals surface area contributed by atoms with Gasteiger partial charge in [0.05, 0.1) is 5.69 Å². The Morgan fingerprint density at radius 3 is 2.77 bits per heavy atom. The smallest absolute Gasteiger partial charge is 0.310 e. The normalized spacial score (nSPS) is 9.69. The Kier molecular flexibility index (Phi) is 2.90. The summed E-state index contributed by atoms with van der Waals surface area (Å²) in [5.74, 6) is 0.218. The number of aryl methyl sites for hydroxylation is 1. The third-order valence-corrected chi connectivity index (χ3v) is 1.75. The van der Waals surface area contributed by atoms with Crippen molar-refractivity contribution in [3.05, 3.63) is 23.8 Å².